The molecule has 4 nitrogen and oxygen atoms in total. The van der Waals surface area contributed by atoms with Crippen molar-refractivity contribution in [3.05, 3.63) is 47.2 Å². The van der Waals surface area contributed by atoms with Crippen molar-refractivity contribution in [1.29, 1.82) is 0 Å². The molecule has 0 amide bonds. The molecule has 2 N–H and O–H groups in total. The van der Waals surface area contributed by atoms with Crippen molar-refractivity contribution in [1.82, 2.24) is 10.3 Å². The summed E-state index contributed by atoms with van der Waals surface area (Å²) < 4.78 is 41.3. The molecule has 138 valence electrons. The van der Waals surface area contributed by atoms with Crippen LogP contribution in [0.4, 0.5) is 30.4 Å². The largest absolute Gasteiger partial charge is 0.418 e. The number of benzene rings is 1. The molecule has 0 unspecified atom stereocenters. The zero-order valence-electron chi connectivity index (χ0n) is 14.7. The molecule has 0 spiro atoms. The Morgan fingerprint density at radius 3 is 2.77 bits per heavy atom. The zero-order valence-corrected chi connectivity index (χ0v) is 14.7. The summed E-state index contributed by atoms with van der Waals surface area (Å²) in [4.78, 5) is 6.06. The molecule has 1 fully saturated rings. The molecule has 7 heteroatoms. The standard InChI is InChI=1S/C19H21F3N4/c1-11-3-4-17(24-9-11)25-12-7-13-14-10-23-6-5-16(14)26(2)18(13)15(8-12)19(20,21)22/h3-4,7-9,14,16,23H,5-6,10H2,1-2H3,(H,24,25)/t14-,16-/m0/s1. The first-order valence-electron chi connectivity index (χ1n) is 8.73. The first-order valence-corrected chi connectivity index (χ1v) is 8.73. The maximum absolute atomic E-state index is 13.8. The van der Waals surface area contributed by atoms with Crippen LogP contribution in [0.2, 0.25) is 0 Å². The Bertz CT molecular complexity index is 817. The fourth-order valence-corrected chi connectivity index (χ4v) is 4.10. The first-order chi connectivity index (χ1) is 12.3. The molecule has 0 aliphatic carbocycles. The number of nitrogens with one attached hydrogen (secondary N) is 2. The highest BCUT2D eigenvalue weighted by atomic mass is 19.4. The van der Waals surface area contributed by atoms with E-state index in [0.717, 1.165) is 24.1 Å². The highest BCUT2D eigenvalue weighted by Crippen LogP contribution is 2.50. The van der Waals surface area contributed by atoms with Gasteiger partial charge in [-0.1, -0.05) is 6.07 Å². The number of piperidine rings is 1. The molecule has 4 rings (SSSR count). The van der Waals surface area contributed by atoms with Crippen LogP contribution in [0.15, 0.2) is 30.5 Å². The number of fused-ring (bicyclic) bond motifs is 3. The average molecular weight is 362 g/mol. The number of aryl methyl sites for hydroxylation is 1. The summed E-state index contributed by atoms with van der Waals surface area (Å²) in [5.74, 6) is 0.603. The smallest absolute Gasteiger partial charge is 0.370 e. The molecular weight excluding hydrogens is 341 g/mol. The van der Waals surface area contributed by atoms with Crippen LogP contribution in [0.3, 0.4) is 0 Å². The molecule has 1 saturated heterocycles. The average Bonchev–Trinajstić information content (AvgIpc) is 2.89. The molecule has 2 aromatic rings. The number of hydrogen-bond acceptors (Lipinski definition) is 4. The summed E-state index contributed by atoms with van der Waals surface area (Å²) >= 11 is 0. The van der Waals surface area contributed by atoms with E-state index >= 15 is 0 Å². The van der Waals surface area contributed by atoms with Gasteiger partial charge in [0, 0.05) is 37.4 Å². The zero-order chi connectivity index (χ0) is 18.5. The fourth-order valence-electron chi connectivity index (χ4n) is 4.10. The maximum atomic E-state index is 13.8. The molecule has 0 bridgehead atoms. The quantitative estimate of drug-likeness (QED) is 0.846. The number of hydrogen-bond donors (Lipinski definition) is 2. The number of halogens is 3. The summed E-state index contributed by atoms with van der Waals surface area (Å²) in [6.45, 7) is 3.45. The van der Waals surface area contributed by atoms with Crippen LogP contribution in [0.25, 0.3) is 0 Å². The number of alkyl halides is 3. The van der Waals surface area contributed by atoms with E-state index in [-0.39, 0.29) is 12.0 Å². The van der Waals surface area contributed by atoms with Gasteiger partial charge in [0.2, 0.25) is 0 Å². The summed E-state index contributed by atoms with van der Waals surface area (Å²) in [5, 5.41) is 6.34. The van der Waals surface area contributed by atoms with Gasteiger partial charge in [0.25, 0.3) is 0 Å². The highest BCUT2D eigenvalue weighted by molar-refractivity contribution is 5.74. The Labute approximate surface area is 150 Å². The van der Waals surface area contributed by atoms with Crippen molar-refractivity contribution in [2.45, 2.75) is 31.5 Å². The van der Waals surface area contributed by atoms with E-state index in [1.54, 1.807) is 19.3 Å². The Morgan fingerprint density at radius 1 is 1.27 bits per heavy atom. The second-order valence-electron chi connectivity index (χ2n) is 7.08. The van der Waals surface area contributed by atoms with E-state index in [2.05, 4.69) is 15.6 Å². The second-order valence-corrected chi connectivity index (χ2v) is 7.08. The normalized spacial score (nSPS) is 22.1. The van der Waals surface area contributed by atoms with Crippen LogP contribution < -0.4 is 15.5 Å². The monoisotopic (exact) mass is 362 g/mol. The third-order valence-electron chi connectivity index (χ3n) is 5.32. The Hall–Kier alpha value is -2.28. The van der Waals surface area contributed by atoms with Crippen LogP contribution in [0.5, 0.6) is 0 Å². The molecule has 2 atom stereocenters. The summed E-state index contributed by atoms with van der Waals surface area (Å²) in [6, 6.07) is 6.80. The van der Waals surface area contributed by atoms with Crippen LogP contribution >= 0.6 is 0 Å². The lowest BCUT2D eigenvalue weighted by atomic mass is 9.89. The van der Waals surface area contributed by atoms with Gasteiger partial charge in [-0.2, -0.15) is 13.2 Å². The topological polar surface area (TPSA) is 40.2 Å². The lowest BCUT2D eigenvalue weighted by Gasteiger charge is -2.31. The third kappa shape index (κ3) is 2.90. The van der Waals surface area contributed by atoms with Crippen LogP contribution in [0.1, 0.15) is 29.0 Å². The minimum atomic E-state index is -4.41. The molecular formula is C19H21F3N4. The van der Waals surface area contributed by atoms with E-state index in [4.69, 9.17) is 0 Å². The maximum Gasteiger partial charge on any atom is 0.418 e. The Balaban J connectivity index is 1.79. The van der Waals surface area contributed by atoms with Crippen molar-refractivity contribution in [2.24, 2.45) is 0 Å². The van der Waals surface area contributed by atoms with Crippen LogP contribution in [-0.2, 0) is 6.18 Å². The Kier molecular flexibility index (Phi) is 4.06. The number of anilines is 3. The lowest BCUT2D eigenvalue weighted by molar-refractivity contribution is -0.137. The van der Waals surface area contributed by atoms with Gasteiger partial charge in [-0.25, -0.2) is 4.98 Å². The molecule has 1 aromatic carbocycles. The molecule has 2 aliphatic heterocycles. The fraction of sp³-hybridized carbons (Fsp3) is 0.421. The molecule has 2 aliphatic rings. The summed E-state index contributed by atoms with van der Waals surface area (Å²) in [5.41, 5.74) is 1.92. The molecule has 0 radical (unpaired) electrons. The molecule has 3 heterocycles. The first kappa shape index (κ1) is 17.1. The third-order valence-corrected chi connectivity index (χ3v) is 5.32. The van der Waals surface area contributed by atoms with Crippen molar-refractivity contribution < 1.29 is 13.2 Å². The predicted molar refractivity (Wildman–Crippen MR) is 96.1 cm³/mol. The Morgan fingerprint density at radius 2 is 2.08 bits per heavy atom. The molecule has 0 saturated carbocycles. The van der Waals surface area contributed by atoms with Crippen molar-refractivity contribution in [3.63, 3.8) is 0 Å². The number of rotatable bonds is 2. The van der Waals surface area contributed by atoms with Gasteiger partial charge in [-0.05, 0) is 49.2 Å². The van der Waals surface area contributed by atoms with Gasteiger partial charge in [0.15, 0.2) is 0 Å². The summed E-state index contributed by atoms with van der Waals surface area (Å²) in [7, 11) is 1.78. The van der Waals surface area contributed by atoms with Crippen LogP contribution in [0, 0.1) is 6.92 Å². The highest BCUT2D eigenvalue weighted by Gasteiger charge is 2.45. The minimum absolute atomic E-state index is 0.0672. The van der Waals surface area contributed by atoms with Gasteiger partial charge in [0.05, 0.1) is 11.3 Å². The van der Waals surface area contributed by atoms with E-state index < -0.39 is 11.7 Å². The second kappa shape index (κ2) is 6.16. The van der Waals surface area contributed by atoms with Gasteiger partial charge in [-0.15, -0.1) is 0 Å². The number of aromatic nitrogens is 1. The SMILES string of the molecule is Cc1ccc(Nc2cc3c(c(C(F)(F)F)c2)N(C)[C@H]2CCNC[C@@H]32)nc1. The number of nitrogens with zero attached hydrogens (tertiary/aromatic N) is 2. The van der Waals surface area contributed by atoms with Gasteiger partial charge >= 0.3 is 6.18 Å². The molecule has 1 aromatic heterocycles. The van der Waals surface area contributed by atoms with E-state index in [0.29, 0.717) is 23.7 Å². The molecule has 26 heavy (non-hydrogen) atoms. The van der Waals surface area contributed by atoms with E-state index in [9.17, 15) is 13.2 Å². The number of likely N-dealkylation sites (N-methyl/N-ethyl adjacent to an activating group) is 1. The predicted octanol–water partition coefficient (Wildman–Crippen LogP) is 4.05. The van der Waals surface area contributed by atoms with E-state index in [1.807, 2.05) is 24.0 Å². The van der Waals surface area contributed by atoms with E-state index in [1.165, 1.54) is 6.07 Å². The van der Waals surface area contributed by atoms with Gasteiger partial charge in [-0.3, -0.25) is 0 Å². The van der Waals surface area contributed by atoms with Gasteiger partial charge in [0.1, 0.15) is 5.82 Å². The van der Waals surface area contributed by atoms with Crippen molar-refractivity contribution in [2.75, 3.05) is 30.4 Å². The number of pyridine rings is 1. The lowest BCUT2D eigenvalue weighted by Crippen LogP contribution is -2.42. The summed E-state index contributed by atoms with van der Waals surface area (Å²) in [6.07, 6.45) is -1.87. The van der Waals surface area contributed by atoms with Crippen molar-refractivity contribution >= 4 is 17.2 Å². The van der Waals surface area contributed by atoms with Crippen molar-refractivity contribution in [3.8, 4) is 0 Å². The minimum Gasteiger partial charge on any atom is -0.370 e. The van der Waals surface area contributed by atoms with Gasteiger partial charge < -0.3 is 15.5 Å². The van der Waals surface area contributed by atoms with Crippen LogP contribution in [-0.4, -0.2) is 31.2 Å².